The minimum atomic E-state index is -0.910. The molecule has 0 aliphatic heterocycles. The zero-order chi connectivity index (χ0) is 10.6. The molecule has 0 saturated carbocycles. The van der Waals surface area contributed by atoms with Crippen LogP contribution in [0.5, 0.6) is 5.75 Å². The Hall–Kier alpha value is -0.970. The summed E-state index contributed by atoms with van der Waals surface area (Å²) >= 11 is 5.80. The summed E-state index contributed by atoms with van der Waals surface area (Å²) in [6.45, 7) is -0.361. The fourth-order valence-electron chi connectivity index (χ4n) is 0.869. The molecule has 4 N–H and O–H groups in total. The van der Waals surface area contributed by atoms with Gasteiger partial charge in [-0.3, -0.25) is 0 Å². The Bertz CT molecular complexity index is 306. The van der Waals surface area contributed by atoms with Crippen molar-refractivity contribution in [2.75, 3.05) is 18.9 Å². The number of anilines is 1. The predicted octanol–water partition coefficient (Wildman–Crippen LogP) is 0.654. The molecule has 1 aromatic carbocycles. The normalized spacial score (nSPS) is 12.5. The lowest BCUT2D eigenvalue weighted by Crippen LogP contribution is -2.21. The second-order valence-corrected chi connectivity index (χ2v) is 3.24. The zero-order valence-corrected chi connectivity index (χ0v) is 8.24. The first-order valence-electron chi connectivity index (χ1n) is 4.10. The number of hydrogen-bond acceptors (Lipinski definition) is 4. The minimum Gasteiger partial charge on any atom is -0.489 e. The van der Waals surface area contributed by atoms with Gasteiger partial charge in [0.05, 0.1) is 11.6 Å². The second kappa shape index (κ2) is 5.05. The average Bonchev–Trinajstić information content (AvgIpc) is 2.19. The van der Waals surface area contributed by atoms with E-state index in [1.54, 1.807) is 18.2 Å². The van der Waals surface area contributed by atoms with E-state index in [4.69, 9.17) is 32.3 Å². The first-order valence-corrected chi connectivity index (χ1v) is 4.48. The number of aliphatic hydroxyl groups excluding tert-OH is 2. The average molecular weight is 218 g/mol. The largest absolute Gasteiger partial charge is 0.489 e. The summed E-state index contributed by atoms with van der Waals surface area (Å²) in [6.07, 6.45) is -0.910. The first kappa shape index (κ1) is 11.1. The van der Waals surface area contributed by atoms with Gasteiger partial charge in [0.1, 0.15) is 18.5 Å². The maximum Gasteiger partial charge on any atom is 0.140 e. The minimum absolute atomic E-state index is 0.0142. The second-order valence-electron chi connectivity index (χ2n) is 2.84. The van der Waals surface area contributed by atoms with Gasteiger partial charge in [-0.15, -0.1) is 0 Å². The third kappa shape index (κ3) is 3.06. The van der Waals surface area contributed by atoms with E-state index in [1.165, 1.54) is 0 Å². The van der Waals surface area contributed by atoms with Crippen molar-refractivity contribution in [1.29, 1.82) is 0 Å². The molecule has 0 saturated heterocycles. The molecule has 0 amide bonds. The zero-order valence-electron chi connectivity index (χ0n) is 7.48. The molecule has 0 radical (unpaired) electrons. The lowest BCUT2D eigenvalue weighted by atomic mass is 10.3. The first-order chi connectivity index (χ1) is 6.63. The maximum atomic E-state index is 9.03. The van der Waals surface area contributed by atoms with E-state index in [0.29, 0.717) is 16.5 Å². The van der Waals surface area contributed by atoms with Gasteiger partial charge in [0, 0.05) is 11.8 Å². The fourth-order valence-corrected chi connectivity index (χ4v) is 1.04. The molecule has 4 nitrogen and oxygen atoms in total. The highest BCUT2D eigenvalue weighted by atomic mass is 35.5. The van der Waals surface area contributed by atoms with Gasteiger partial charge in [-0.05, 0) is 12.1 Å². The molecule has 14 heavy (non-hydrogen) atoms. The van der Waals surface area contributed by atoms with Crippen LogP contribution >= 0.6 is 11.6 Å². The van der Waals surface area contributed by atoms with Gasteiger partial charge in [0.25, 0.3) is 0 Å². The van der Waals surface area contributed by atoms with Gasteiger partial charge in [-0.25, -0.2) is 0 Å². The Morgan fingerprint density at radius 2 is 2.21 bits per heavy atom. The van der Waals surface area contributed by atoms with Gasteiger partial charge in [-0.2, -0.15) is 0 Å². The van der Waals surface area contributed by atoms with Gasteiger partial charge in [-0.1, -0.05) is 11.6 Å². The van der Waals surface area contributed by atoms with E-state index < -0.39 is 6.10 Å². The molecule has 1 aromatic rings. The highest BCUT2D eigenvalue weighted by Gasteiger charge is 2.06. The van der Waals surface area contributed by atoms with Crippen LogP contribution < -0.4 is 10.5 Å². The maximum absolute atomic E-state index is 9.03. The van der Waals surface area contributed by atoms with Crippen molar-refractivity contribution < 1.29 is 14.9 Å². The van der Waals surface area contributed by atoms with Gasteiger partial charge in [0.2, 0.25) is 0 Å². The van der Waals surface area contributed by atoms with E-state index >= 15 is 0 Å². The summed E-state index contributed by atoms with van der Waals surface area (Å²) < 4.78 is 5.15. The summed E-state index contributed by atoms with van der Waals surface area (Å²) in [4.78, 5) is 0. The van der Waals surface area contributed by atoms with Gasteiger partial charge < -0.3 is 20.7 Å². The molecule has 0 aliphatic rings. The van der Waals surface area contributed by atoms with E-state index in [1.807, 2.05) is 0 Å². The molecular formula is C9H12ClNO3. The van der Waals surface area contributed by atoms with E-state index in [0.717, 1.165) is 0 Å². The van der Waals surface area contributed by atoms with Crippen molar-refractivity contribution in [3.63, 3.8) is 0 Å². The molecule has 1 rings (SSSR count). The van der Waals surface area contributed by atoms with Gasteiger partial charge in [0.15, 0.2) is 0 Å². The monoisotopic (exact) mass is 217 g/mol. The third-order valence-corrected chi connectivity index (χ3v) is 1.91. The molecule has 1 unspecified atom stereocenters. The fraction of sp³-hybridized carbons (Fsp3) is 0.333. The number of ether oxygens (including phenoxy) is 1. The van der Waals surface area contributed by atoms with Crippen LogP contribution in [0.2, 0.25) is 5.02 Å². The topological polar surface area (TPSA) is 75.7 Å². The van der Waals surface area contributed by atoms with Crippen LogP contribution in [-0.4, -0.2) is 29.5 Å². The number of halogens is 1. The highest BCUT2D eigenvalue weighted by molar-refractivity contribution is 6.32. The van der Waals surface area contributed by atoms with Crippen LogP contribution in [-0.2, 0) is 0 Å². The van der Waals surface area contributed by atoms with Crippen molar-refractivity contribution in [2.24, 2.45) is 0 Å². The SMILES string of the molecule is Nc1ccc(Cl)c(OCC(O)CO)c1. The van der Waals surface area contributed by atoms with Crippen LogP contribution in [0.1, 0.15) is 0 Å². The highest BCUT2D eigenvalue weighted by Crippen LogP contribution is 2.26. The Morgan fingerprint density at radius 3 is 2.86 bits per heavy atom. The molecule has 0 aliphatic carbocycles. The summed E-state index contributed by atoms with van der Waals surface area (Å²) in [5.74, 6) is 0.402. The molecular weight excluding hydrogens is 206 g/mol. The van der Waals surface area contributed by atoms with Crippen LogP contribution in [0.4, 0.5) is 5.69 Å². The smallest absolute Gasteiger partial charge is 0.140 e. The summed E-state index contributed by atoms with van der Waals surface area (Å²) in [6, 6.07) is 4.82. The Kier molecular flexibility index (Phi) is 4.00. The van der Waals surface area contributed by atoms with E-state index in [9.17, 15) is 0 Å². The van der Waals surface area contributed by atoms with Crippen LogP contribution in [0.3, 0.4) is 0 Å². The standard InChI is InChI=1S/C9H12ClNO3/c10-8-2-1-6(11)3-9(8)14-5-7(13)4-12/h1-3,7,12-13H,4-5,11H2. The van der Waals surface area contributed by atoms with Crippen molar-refractivity contribution >= 4 is 17.3 Å². The van der Waals surface area contributed by atoms with Crippen molar-refractivity contribution in [1.82, 2.24) is 0 Å². The Balaban J connectivity index is 2.62. The molecule has 5 heteroatoms. The molecule has 0 heterocycles. The predicted molar refractivity (Wildman–Crippen MR) is 54.5 cm³/mol. The van der Waals surface area contributed by atoms with Crippen LogP contribution in [0.25, 0.3) is 0 Å². The molecule has 0 spiro atoms. The molecule has 78 valence electrons. The van der Waals surface area contributed by atoms with Crippen molar-refractivity contribution in [3.05, 3.63) is 23.2 Å². The number of hydrogen-bond donors (Lipinski definition) is 3. The van der Waals surface area contributed by atoms with E-state index in [2.05, 4.69) is 0 Å². The number of rotatable bonds is 4. The number of nitrogen functional groups attached to an aromatic ring is 1. The number of benzene rings is 1. The van der Waals surface area contributed by atoms with Crippen molar-refractivity contribution in [3.8, 4) is 5.75 Å². The lowest BCUT2D eigenvalue weighted by Gasteiger charge is -2.11. The summed E-state index contributed by atoms with van der Waals surface area (Å²) in [5, 5.41) is 18.0. The molecule has 0 bridgehead atoms. The number of aliphatic hydroxyl groups is 2. The molecule has 0 aromatic heterocycles. The Morgan fingerprint density at radius 1 is 1.50 bits per heavy atom. The quantitative estimate of drug-likeness (QED) is 0.648. The number of nitrogens with two attached hydrogens (primary N) is 1. The molecule has 1 atom stereocenters. The van der Waals surface area contributed by atoms with Crippen LogP contribution in [0.15, 0.2) is 18.2 Å². The molecule has 0 fully saturated rings. The Labute approximate surface area is 86.9 Å². The van der Waals surface area contributed by atoms with Crippen molar-refractivity contribution in [2.45, 2.75) is 6.10 Å². The van der Waals surface area contributed by atoms with E-state index in [-0.39, 0.29) is 13.2 Å². The van der Waals surface area contributed by atoms with Crippen LogP contribution in [0, 0.1) is 0 Å². The lowest BCUT2D eigenvalue weighted by molar-refractivity contribution is 0.0536. The third-order valence-electron chi connectivity index (χ3n) is 1.60. The van der Waals surface area contributed by atoms with Gasteiger partial charge >= 0.3 is 0 Å². The summed E-state index contributed by atoms with van der Waals surface area (Å²) in [5.41, 5.74) is 6.05. The summed E-state index contributed by atoms with van der Waals surface area (Å²) in [7, 11) is 0.